The first-order chi connectivity index (χ1) is 48.3. The predicted octanol–water partition coefficient (Wildman–Crippen LogP) is 19.0. The van der Waals surface area contributed by atoms with E-state index < -0.39 is 0 Å². The van der Waals surface area contributed by atoms with Gasteiger partial charge in [0.1, 0.15) is 44.8 Å². The van der Waals surface area contributed by atoms with Crippen LogP contribution in [0.2, 0.25) is 0 Å². The smallest absolute Gasteiger partial charge is 0.224 e. The summed E-state index contributed by atoms with van der Waals surface area (Å²) >= 11 is 0. The Kier molecular flexibility index (Phi) is 14.6. The Morgan fingerprint density at radius 2 is 0.727 bits per heavy atom. The summed E-state index contributed by atoms with van der Waals surface area (Å²) in [4.78, 5) is 18.3. The molecule has 8 heterocycles. The summed E-state index contributed by atoms with van der Waals surface area (Å²) in [6.07, 6.45) is 8.63. The lowest BCUT2D eigenvalue weighted by Gasteiger charge is -2.14. The van der Waals surface area contributed by atoms with Crippen LogP contribution in [-0.2, 0) is 26.2 Å². The molecule has 13 heteroatoms. The van der Waals surface area contributed by atoms with Crippen molar-refractivity contribution in [3.63, 3.8) is 0 Å². The molecule has 0 saturated carbocycles. The number of aryl methyl sites for hydroxylation is 3. The zero-order valence-corrected chi connectivity index (χ0v) is 55.9. The second-order valence-corrected chi connectivity index (χ2v) is 26.0. The summed E-state index contributed by atoms with van der Waals surface area (Å²) in [6, 6.07) is 66.5. The van der Waals surface area contributed by atoms with Crippen LogP contribution in [0.5, 0.6) is 0 Å². The van der Waals surface area contributed by atoms with E-state index in [9.17, 15) is 0 Å². The lowest BCUT2D eigenvalue weighted by Crippen LogP contribution is -2.36. The van der Waals surface area contributed by atoms with Crippen LogP contribution in [0.25, 0.3) is 124 Å². The highest BCUT2D eigenvalue weighted by atomic mass is 15.4. The SMILES string of the molecule is [C-]#[N+]c1ccc2c[n+]3n(c2c1C)-c1c(C)c(C)c(C)c(C)c1C3.[C-]#[N+]c1ccc2c[n+]3n(c2c1C)-c1cc(-c2ccccc2)ccc1C3.[C-]#[N+]c1ccc2c[n+]3n(c2c1C)-c1ccc(-c2ccccc2)cc1C3.[C-]#[N+]c1ccc2c[n+]3n(c2c1[N+]#[C-])-c1c(cccc1-c1ccccc1)C3. The Bertz CT molecular complexity index is 6180. The van der Waals surface area contributed by atoms with Crippen molar-refractivity contribution in [2.75, 3.05) is 0 Å². The summed E-state index contributed by atoms with van der Waals surface area (Å²) in [5.74, 6) is 0. The van der Waals surface area contributed by atoms with Gasteiger partial charge in [0.25, 0.3) is 0 Å². The van der Waals surface area contributed by atoms with E-state index in [1.54, 1.807) is 6.07 Å². The topological polar surface area (TPSA) is 57.0 Å². The maximum Gasteiger partial charge on any atom is 0.224 e. The van der Waals surface area contributed by atoms with Gasteiger partial charge in [-0.25, -0.2) is 19.4 Å². The molecule has 13 nitrogen and oxygen atoms in total. The van der Waals surface area contributed by atoms with Crippen molar-refractivity contribution in [3.8, 4) is 56.1 Å². The Balaban J connectivity index is 0.000000103. The van der Waals surface area contributed by atoms with Gasteiger partial charge in [-0.3, -0.25) is 4.85 Å². The minimum absolute atomic E-state index is 0.402. The van der Waals surface area contributed by atoms with Gasteiger partial charge in [0.05, 0.1) is 60.0 Å². The van der Waals surface area contributed by atoms with Crippen LogP contribution in [0.1, 0.15) is 61.2 Å². The second-order valence-electron chi connectivity index (χ2n) is 26.0. The van der Waals surface area contributed by atoms with Crippen molar-refractivity contribution in [2.24, 2.45) is 0 Å². The predicted molar refractivity (Wildman–Crippen MR) is 391 cm³/mol. The number of benzene rings is 11. The van der Waals surface area contributed by atoms with E-state index in [1.807, 2.05) is 74.5 Å². The molecule has 11 aromatic carbocycles. The van der Waals surface area contributed by atoms with Crippen molar-refractivity contribution in [2.45, 2.75) is 74.6 Å². The Morgan fingerprint density at radius 1 is 0.293 bits per heavy atom. The van der Waals surface area contributed by atoms with Gasteiger partial charge in [-0.2, -0.15) is 0 Å². The molecule has 0 bridgehead atoms. The maximum atomic E-state index is 7.63. The summed E-state index contributed by atoms with van der Waals surface area (Å²) in [6.45, 7) is 55.6. The zero-order chi connectivity index (χ0) is 68.1. The maximum absolute atomic E-state index is 7.63. The molecule has 0 spiro atoms. The fourth-order valence-corrected chi connectivity index (χ4v) is 15.4. The first-order valence-electron chi connectivity index (χ1n) is 33.0. The third-order valence-electron chi connectivity index (χ3n) is 20.6. The molecule has 0 fully saturated rings. The zero-order valence-electron chi connectivity index (χ0n) is 55.9. The lowest BCUT2D eigenvalue weighted by molar-refractivity contribution is -0.749. The van der Waals surface area contributed by atoms with E-state index in [4.69, 9.17) is 32.9 Å². The van der Waals surface area contributed by atoms with Gasteiger partial charge in [-0.1, -0.05) is 170 Å². The molecule has 0 aliphatic carbocycles. The Hall–Kier alpha value is -13.3. The van der Waals surface area contributed by atoms with Crippen LogP contribution >= 0.6 is 0 Å². The lowest BCUT2D eigenvalue weighted by atomic mass is 9.92. The summed E-state index contributed by atoms with van der Waals surface area (Å²) in [5, 5.41) is 4.55. The molecular formula is C86H65N13+4. The fraction of sp³-hybridized carbons (Fsp3) is 0.128. The number of rotatable bonds is 3. The molecule has 0 N–H and O–H groups in total. The fourth-order valence-electron chi connectivity index (χ4n) is 15.4. The van der Waals surface area contributed by atoms with Crippen molar-refractivity contribution in [3.05, 3.63) is 337 Å². The second kappa shape index (κ2) is 23.9. The van der Waals surface area contributed by atoms with E-state index in [-0.39, 0.29) is 0 Å². The average molecular weight is 1280 g/mol. The van der Waals surface area contributed by atoms with Crippen molar-refractivity contribution in [1.29, 1.82) is 0 Å². The molecule has 99 heavy (non-hydrogen) atoms. The first-order valence-corrected chi connectivity index (χ1v) is 33.0. The van der Waals surface area contributed by atoms with E-state index in [1.165, 1.54) is 105 Å². The number of nitrogens with zero attached hydrogens (tertiary/aromatic N) is 13. The normalized spacial score (nSPS) is 12.0. The van der Waals surface area contributed by atoms with Gasteiger partial charge in [0, 0.05) is 22.3 Å². The van der Waals surface area contributed by atoms with Crippen LogP contribution in [0.4, 0.5) is 28.4 Å². The van der Waals surface area contributed by atoms with Crippen LogP contribution in [0, 0.1) is 81.3 Å². The largest absolute Gasteiger partial charge is 0.250 e. The molecule has 4 aliphatic heterocycles. The molecular weight excluding hydrogens is 1220 g/mol. The molecule has 0 radical (unpaired) electrons. The molecule has 0 saturated heterocycles. The van der Waals surface area contributed by atoms with E-state index in [0.29, 0.717) is 11.4 Å². The summed E-state index contributed by atoms with van der Waals surface area (Å²) < 4.78 is 17.8. The molecule has 470 valence electrons. The summed E-state index contributed by atoms with van der Waals surface area (Å²) in [7, 11) is 0. The van der Waals surface area contributed by atoms with Crippen molar-refractivity contribution >= 4 is 72.0 Å². The van der Waals surface area contributed by atoms with Gasteiger partial charge in [-0.15, -0.1) is 37.5 Å². The van der Waals surface area contributed by atoms with Crippen molar-refractivity contribution < 1.29 is 18.7 Å². The monoisotopic (exact) mass is 1280 g/mol. The molecule has 19 rings (SSSR count). The van der Waals surface area contributed by atoms with Gasteiger partial charge in [-0.05, 0) is 139 Å². The number of fused-ring (bicyclic) bond motifs is 20. The first kappa shape index (κ1) is 60.7. The minimum Gasteiger partial charge on any atom is -0.250 e. The van der Waals surface area contributed by atoms with Gasteiger partial charge in [0.15, 0.2) is 48.9 Å². The quantitative estimate of drug-likeness (QED) is 0.125. The number of para-hydroxylation sites is 1. The Morgan fingerprint density at radius 3 is 1.27 bits per heavy atom. The highest BCUT2D eigenvalue weighted by molar-refractivity contribution is 6.00. The summed E-state index contributed by atoms with van der Waals surface area (Å²) in [5.41, 5.74) is 33.2. The van der Waals surface area contributed by atoms with E-state index in [0.717, 1.165) is 98.7 Å². The van der Waals surface area contributed by atoms with Crippen LogP contribution in [0.15, 0.2) is 219 Å². The molecule has 0 atom stereocenters. The van der Waals surface area contributed by atoms with E-state index >= 15 is 0 Å². The molecule has 15 aromatic rings. The van der Waals surface area contributed by atoms with Crippen LogP contribution in [0.3, 0.4) is 0 Å². The minimum atomic E-state index is 0.402. The molecule has 4 aromatic heterocycles. The number of hydrogen-bond acceptors (Lipinski definition) is 0. The molecule has 0 unspecified atom stereocenters. The highest BCUT2D eigenvalue weighted by Crippen LogP contribution is 2.43. The average Bonchev–Trinajstić information content (AvgIpc) is 1.60. The van der Waals surface area contributed by atoms with Crippen molar-refractivity contribution in [1.82, 2.24) is 18.7 Å². The van der Waals surface area contributed by atoms with E-state index in [2.05, 4.69) is 248 Å². The van der Waals surface area contributed by atoms with Gasteiger partial charge < -0.3 is 0 Å². The third-order valence-corrected chi connectivity index (χ3v) is 20.6. The number of aromatic nitrogens is 8. The number of hydrogen-bond donors (Lipinski definition) is 0. The standard InChI is InChI=1S/C22H13N4.2C22H16N3.C20H20N3/c1-23-19-12-11-17-14-25-13-16-9-6-10-18(15-7-4-3-5-8-15)21(16)26(25)22(17)20(19)24-2;1-15-20(23-2)10-8-18-13-24-14-19-12-17(16-6-4-3-5-7-16)9-11-21(19)25(24)22(15)18;1-15-20(23-2)11-10-19-14-24-13-18-9-8-17(16-6-4-3-5-7-16)12-21(18)25(24)22(15)19;1-11-12(2)14(4)20-17(13(11)3)10-22-9-16-7-8-18(21-6)15(5)19(16)23(20)22/h3-12,14H,13H2;3-13H,14H2,1H3;3-12,14H,13H2,1H3;7-9H,10H2,1-5H3/q4*+1. The van der Waals surface area contributed by atoms with Crippen LogP contribution in [-0.4, -0.2) is 18.7 Å². The molecule has 4 aliphatic rings. The van der Waals surface area contributed by atoms with Gasteiger partial charge >= 0.3 is 0 Å². The van der Waals surface area contributed by atoms with Crippen LogP contribution < -0.4 is 18.7 Å². The van der Waals surface area contributed by atoms with Gasteiger partial charge in [0.2, 0.25) is 30.5 Å². The molecule has 0 amide bonds. The highest BCUT2D eigenvalue weighted by Gasteiger charge is 2.36. The third kappa shape index (κ3) is 9.69. The Labute approximate surface area is 574 Å².